The molecular weight excluding hydrogens is 288 g/mol. The minimum absolute atomic E-state index is 0.670. The second-order valence-electron chi connectivity index (χ2n) is 3.34. The van der Waals surface area contributed by atoms with E-state index in [2.05, 4.69) is 36.2 Å². The predicted molar refractivity (Wildman–Crippen MR) is 69.9 cm³/mol. The monoisotopic (exact) mass is 298 g/mol. The van der Waals surface area contributed by atoms with Crippen molar-refractivity contribution >= 4 is 33.1 Å². The molecule has 0 amide bonds. The van der Waals surface area contributed by atoms with Crippen LogP contribution in [0.4, 0.5) is 5.82 Å². The van der Waals surface area contributed by atoms with E-state index in [-0.39, 0.29) is 0 Å². The number of thiazole rings is 1. The summed E-state index contributed by atoms with van der Waals surface area (Å²) in [5.41, 5.74) is 1.90. The van der Waals surface area contributed by atoms with Crippen molar-refractivity contribution in [1.29, 1.82) is 0 Å². The number of hydrogen-bond donors (Lipinski definition) is 1. The molecule has 0 bridgehead atoms. The normalized spacial score (nSPS) is 10.5. The molecule has 0 radical (unpaired) electrons. The first-order valence-electron chi connectivity index (χ1n) is 4.76. The fraction of sp³-hybridized carbons (Fsp3) is 0.300. The Labute approximate surface area is 106 Å². The molecule has 84 valence electrons. The second-order valence-corrected chi connectivity index (χ2v) is 4.99. The van der Waals surface area contributed by atoms with Crippen LogP contribution in [0.2, 0.25) is 0 Å². The van der Waals surface area contributed by atoms with Gasteiger partial charge in [-0.2, -0.15) is 0 Å². The molecule has 2 heterocycles. The van der Waals surface area contributed by atoms with Gasteiger partial charge >= 0.3 is 0 Å². The lowest BCUT2D eigenvalue weighted by molar-refractivity contribution is 1.08. The maximum Gasteiger partial charge on any atom is 0.190 e. The molecule has 0 aliphatic rings. The lowest BCUT2D eigenvalue weighted by Crippen LogP contribution is -2.00. The third-order valence-corrected chi connectivity index (χ3v) is 3.97. The van der Waals surface area contributed by atoms with Gasteiger partial charge in [0.05, 0.1) is 10.2 Å². The van der Waals surface area contributed by atoms with Crippen molar-refractivity contribution in [3.8, 4) is 10.8 Å². The summed E-state index contributed by atoms with van der Waals surface area (Å²) in [6.07, 6.45) is 0. The number of nitrogens with one attached hydrogen (secondary N) is 1. The zero-order chi connectivity index (χ0) is 11.7. The Balaban J connectivity index is 2.54. The summed E-state index contributed by atoms with van der Waals surface area (Å²) in [7, 11) is 1.84. The van der Waals surface area contributed by atoms with Crippen LogP contribution < -0.4 is 5.32 Å². The Morgan fingerprint density at radius 1 is 1.25 bits per heavy atom. The van der Waals surface area contributed by atoms with Crippen LogP contribution in [-0.2, 0) is 0 Å². The first-order chi connectivity index (χ1) is 7.61. The van der Waals surface area contributed by atoms with Crippen LogP contribution in [0, 0.1) is 13.8 Å². The minimum atomic E-state index is 0.670. The van der Waals surface area contributed by atoms with Crippen LogP contribution in [0.5, 0.6) is 0 Å². The molecule has 2 rings (SSSR count). The molecule has 1 N–H and O–H groups in total. The molecule has 0 aromatic carbocycles. The maximum absolute atomic E-state index is 4.41. The first-order valence-corrected chi connectivity index (χ1v) is 6.43. The SMILES string of the molecule is CNc1nc(-c2nc(C)cs2)nc(C)c1Br. The van der Waals surface area contributed by atoms with Crippen LogP contribution >= 0.6 is 27.3 Å². The van der Waals surface area contributed by atoms with Gasteiger partial charge in [-0.25, -0.2) is 15.0 Å². The highest BCUT2D eigenvalue weighted by Gasteiger charge is 2.11. The quantitative estimate of drug-likeness (QED) is 0.926. The van der Waals surface area contributed by atoms with Crippen LogP contribution in [-0.4, -0.2) is 22.0 Å². The summed E-state index contributed by atoms with van der Waals surface area (Å²) in [5, 5.41) is 5.88. The number of anilines is 1. The highest BCUT2D eigenvalue weighted by atomic mass is 79.9. The van der Waals surface area contributed by atoms with E-state index in [0.29, 0.717) is 5.82 Å². The van der Waals surface area contributed by atoms with Gasteiger partial charge in [0.1, 0.15) is 5.82 Å². The fourth-order valence-electron chi connectivity index (χ4n) is 1.28. The molecule has 0 aliphatic carbocycles. The number of aromatic nitrogens is 3. The Morgan fingerprint density at radius 2 is 2.00 bits per heavy atom. The molecule has 6 heteroatoms. The average Bonchev–Trinajstić information content (AvgIpc) is 2.69. The zero-order valence-corrected chi connectivity index (χ0v) is 11.6. The van der Waals surface area contributed by atoms with Gasteiger partial charge in [-0.1, -0.05) is 0 Å². The van der Waals surface area contributed by atoms with Gasteiger partial charge in [0.2, 0.25) is 0 Å². The standard InChI is InChI=1S/C10H11BrN4S/c1-5-4-16-10(13-5)9-14-6(2)7(11)8(12-3)15-9/h4H,1-3H3,(H,12,14,15). The Kier molecular flexibility index (Phi) is 3.20. The van der Waals surface area contributed by atoms with Crippen LogP contribution in [0.3, 0.4) is 0 Å². The summed E-state index contributed by atoms with van der Waals surface area (Å²) in [6.45, 7) is 3.90. The lowest BCUT2D eigenvalue weighted by atomic mass is 10.4. The molecule has 0 fully saturated rings. The molecule has 0 aliphatic heterocycles. The third-order valence-electron chi connectivity index (χ3n) is 2.06. The van der Waals surface area contributed by atoms with Gasteiger partial charge < -0.3 is 5.32 Å². The first kappa shape index (κ1) is 11.5. The molecule has 0 unspecified atom stereocenters. The van der Waals surface area contributed by atoms with Crippen LogP contribution in [0.25, 0.3) is 10.8 Å². The van der Waals surface area contributed by atoms with E-state index in [9.17, 15) is 0 Å². The van der Waals surface area contributed by atoms with E-state index in [0.717, 1.165) is 26.7 Å². The summed E-state index contributed by atoms with van der Waals surface area (Å²) in [4.78, 5) is 13.2. The summed E-state index contributed by atoms with van der Waals surface area (Å²) in [6, 6.07) is 0. The van der Waals surface area contributed by atoms with Crippen LogP contribution in [0.1, 0.15) is 11.4 Å². The van der Waals surface area contributed by atoms with Gasteiger partial charge in [0, 0.05) is 18.1 Å². The van der Waals surface area contributed by atoms with Crippen molar-refractivity contribution < 1.29 is 0 Å². The molecule has 2 aromatic heterocycles. The van der Waals surface area contributed by atoms with Crippen molar-refractivity contribution in [2.24, 2.45) is 0 Å². The zero-order valence-electron chi connectivity index (χ0n) is 9.21. The average molecular weight is 299 g/mol. The van der Waals surface area contributed by atoms with E-state index >= 15 is 0 Å². The van der Waals surface area contributed by atoms with Crippen molar-refractivity contribution in [3.05, 3.63) is 21.2 Å². The summed E-state index contributed by atoms with van der Waals surface area (Å²) >= 11 is 5.00. The van der Waals surface area contributed by atoms with Gasteiger partial charge in [0.25, 0.3) is 0 Å². The van der Waals surface area contributed by atoms with Gasteiger partial charge in [0.15, 0.2) is 10.8 Å². The third kappa shape index (κ3) is 2.08. The van der Waals surface area contributed by atoms with E-state index < -0.39 is 0 Å². The highest BCUT2D eigenvalue weighted by molar-refractivity contribution is 9.10. The fourth-order valence-corrected chi connectivity index (χ4v) is 2.38. The van der Waals surface area contributed by atoms with E-state index in [1.165, 1.54) is 0 Å². The number of rotatable bonds is 2. The van der Waals surface area contributed by atoms with Crippen LogP contribution in [0.15, 0.2) is 9.85 Å². The van der Waals surface area contributed by atoms with Crippen molar-refractivity contribution in [2.45, 2.75) is 13.8 Å². The number of aryl methyl sites for hydroxylation is 2. The van der Waals surface area contributed by atoms with Gasteiger partial charge in [-0.15, -0.1) is 11.3 Å². The minimum Gasteiger partial charge on any atom is -0.372 e. The highest BCUT2D eigenvalue weighted by Crippen LogP contribution is 2.27. The van der Waals surface area contributed by atoms with E-state index in [1.807, 2.05) is 26.3 Å². The lowest BCUT2D eigenvalue weighted by Gasteiger charge is -2.06. The van der Waals surface area contributed by atoms with E-state index in [4.69, 9.17) is 0 Å². The summed E-state index contributed by atoms with van der Waals surface area (Å²) < 4.78 is 0.895. The predicted octanol–water partition coefficient (Wildman–Crippen LogP) is 3.02. The molecular formula is C10H11BrN4S. The molecule has 0 spiro atoms. The van der Waals surface area contributed by atoms with Crippen molar-refractivity contribution in [2.75, 3.05) is 12.4 Å². The van der Waals surface area contributed by atoms with Gasteiger partial charge in [-0.3, -0.25) is 0 Å². The topological polar surface area (TPSA) is 50.7 Å². The van der Waals surface area contributed by atoms with Crippen molar-refractivity contribution in [3.63, 3.8) is 0 Å². The molecule has 4 nitrogen and oxygen atoms in total. The van der Waals surface area contributed by atoms with E-state index in [1.54, 1.807) is 11.3 Å². The smallest absolute Gasteiger partial charge is 0.190 e. The molecule has 16 heavy (non-hydrogen) atoms. The number of nitrogens with zero attached hydrogens (tertiary/aromatic N) is 3. The number of halogens is 1. The Morgan fingerprint density at radius 3 is 2.56 bits per heavy atom. The largest absolute Gasteiger partial charge is 0.372 e. The molecule has 2 aromatic rings. The molecule has 0 atom stereocenters. The molecule has 0 saturated heterocycles. The molecule has 0 saturated carbocycles. The van der Waals surface area contributed by atoms with Crippen molar-refractivity contribution in [1.82, 2.24) is 15.0 Å². The van der Waals surface area contributed by atoms with Gasteiger partial charge in [-0.05, 0) is 29.8 Å². The Hall–Kier alpha value is -1.01. The summed E-state index contributed by atoms with van der Waals surface area (Å²) in [5.74, 6) is 1.46. The number of hydrogen-bond acceptors (Lipinski definition) is 5. The maximum atomic E-state index is 4.41. The Bertz CT molecular complexity index is 524. The second kappa shape index (κ2) is 4.47.